The van der Waals surface area contributed by atoms with E-state index in [-0.39, 0.29) is 18.0 Å². The zero-order chi connectivity index (χ0) is 18.4. The van der Waals surface area contributed by atoms with E-state index in [1.165, 1.54) is 24.3 Å². The van der Waals surface area contributed by atoms with Gasteiger partial charge in [-0.25, -0.2) is 8.42 Å². The first kappa shape index (κ1) is 19.7. The molecule has 1 N–H and O–H groups in total. The first-order chi connectivity index (χ1) is 11.8. The van der Waals surface area contributed by atoms with Crippen molar-refractivity contribution >= 4 is 44.8 Å². The van der Waals surface area contributed by atoms with Crippen LogP contribution in [0.25, 0.3) is 0 Å². The minimum Gasteiger partial charge on any atom is -0.324 e. The van der Waals surface area contributed by atoms with Gasteiger partial charge in [-0.1, -0.05) is 42.3 Å². The third-order valence-corrected chi connectivity index (χ3v) is 5.83. The van der Waals surface area contributed by atoms with Crippen LogP contribution in [0.3, 0.4) is 0 Å². The number of nitrogens with one attached hydrogen (secondary N) is 1. The number of halogens is 2. The summed E-state index contributed by atoms with van der Waals surface area (Å²) in [6, 6.07) is 12.6. The molecule has 0 aliphatic rings. The van der Waals surface area contributed by atoms with Gasteiger partial charge in [0.05, 0.1) is 22.2 Å². The van der Waals surface area contributed by atoms with Crippen LogP contribution in [0.2, 0.25) is 10.0 Å². The largest absolute Gasteiger partial charge is 0.324 e. The summed E-state index contributed by atoms with van der Waals surface area (Å²) in [7, 11) is -3.80. The molecule has 0 unspecified atom stereocenters. The Kier molecular flexibility index (Phi) is 6.84. The molecule has 0 aliphatic carbocycles. The van der Waals surface area contributed by atoms with Gasteiger partial charge in [0.1, 0.15) is 0 Å². The molecule has 0 radical (unpaired) electrons. The molecule has 0 spiro atoms. The zero-order valence-electron chi connectivity index (χ0n) is 13.6. The number of amides is 1. The Bertz CT molecular complexity index is 839. The van der Waals surface area contributed by atoms with Gasteiger partial charge in [-0.2, -0.15) is 4.31 Å². The summed E-state index contributed by atoms with van der Waals surface area (Å²) < 4.78 is 26.7. The van der Waals surface area contributed by atoms with Crippen molar-refractivity contribution in [1.29, 1.82) is 0 Å². The van der Waals surface area contributed by atoms with Crippen LogP contribution in [0.4, 0.5) is 5.69 Å². The molecule has 0 bridgehead atoms. The summed E-state index contributed by atoms with van der Waals surface area (Å²) in [4.78, 5) is 12.4. The van der Waals surface area contributed by atoms with Gasteiger partial charge in [0.15, 0.2) is 0 Å². The topological polar surface area (TPSA) is 66.5 Å². The Balaban J connectivity index is 2.18. The predicted molar refractivity (Wildman–Crippen MR) is 101 cm³/mol. The Morgan fingerprint density at radius 1 is 1.08 bits per heavy atom. The lowest BCUT2D eigenvalue weighted by atomic mass is 10.3. The molecular formula is C17H18Cl2N2O3S. The SMILES string of the molecule is CCCN(CC(=O)Nc1ccccc1Cl)S(=O)(=O)c1ccc(Cl)cc1. The number of rotatable bonds is 7. The van der Waals surface area contributed by atoms with E-state index in [2.05, 4.69) is 5.32 Å². The highest BCUT2D eigenvalue weighted by Crippen LogP contribution is 2.21. The molecule has 0 fully saturated rings. The maximum Gasteiger partial charge on any atom is 0.243 e. The highest BCUT2D eigenvalue weighted by atomic mass is 35.5. The molecule has 134 valence electrons. The van der Waals surface area contributed by atoms with Gasteiger partial charge in [0, 0.05) is 11.6 Å². The molecule has 2 aromatic carbocycles. The number of hydrogen-bond acceptors (Lipinski definition) is 3. The molecule has 1 amide bonds. The fourth-order valence-corrected chi connectivity index (χ4v) is 4.00. The Hall–Kier alpha value is -1.60. The highest BCUT2D eigenvalue weighted by molar-refractivity contribution is 7.89. The second-order valence-corrected chi connectivity index (χ2v) is 8.10. The molecule has 25 heavy (non-hydrogen) atoms. The van der Waals surface area contributed by atoms with Gasteiger partial charge in [-0.15, -0.1) is 0 Å². The summed E-state index contributed by atoms with van der Waals surface area (Å²) in [6.07, 6.45) is 0.576. The molecule has 0 aliphatic heterocycles. The van der Waals surface area contributed by atoms with Crippen LogP contribution in [0.15, 0.2) is 53.4 Å². The van der Waals surface area contributed by atoms with E-state index in [0.29, 0.717) is 22.2 Å². The molecule has 2 aromatic rings. The number of hydrogen-bond donors (Lipinski definition) is 1. The quantitative estimate of drug-likeness (QED) is 0.762. The first-order valence-electron chi connectivity index (χ1n) is 7.64. The normalized spacial score (nSPS) is 11.5. The van der Waals surface area contributed by atoms with E-state index in [1.54, 1.807) is 24.3 Å². The van der Waals surface area contributed by atoms with Crippen molar-refractivity contribution in [2.75, 3.05) is 18.4 Å². The van der Waals surface area contributed by atoms with Gasteiger partial charge in [-0.3, -0.25) is 4.79 Å². The Morgan fingerprint density at radius 3 is 2.32 bits per heavy atom. The molecular weight excluding hydrogens is 383 g/mol. The van der Waals surface area contributed by atoms with Crippen LogP contribution in [0.1, 0.15) is 13.3 Å². The van der Waals surface area contributed by atoms with Crippen LogP contribution in [0.5, 0.6) is 0 Å². The number of carbonyl (C=O) groups is 1. The molecule has 5 nitrogen and oxygen atoms in total. The fourth-order valence-electron chi connectivity index (χ4n) is 2.20. The van der Waals surface area contributed by atoms with Crippen LogP contribution >= 0.6 is 23.2 Å². The van der Waals surface area contributed by atoms with E-state index < -0.39 is 15.9 Å². The second kappa shape index (κ2) is 8.67. The zero-order valence-corrected chi connectivity index (χ0v) is 15.9. The van der Waals surface area contributed by atoms with Crippen molar-refractivity contribution in [2.45, 2.75) is 18.2 Å². The molecule has 8 heteroatoms. The smallest absolute Gasteiger partial charge is 0.243 e. The van der Waals surface area contributed by atoms with Crippen molar-refractivity contribution in [3.8, 4) is 0 Å². The van der Waals surface area contributed by atoms with Crippen LogP contribution in [-0.2, 0) is 14.8 Å². The summed E-state index contributed by atoms with van der Waals surface area (Å²) in [5.74, 6) is -0.459. The minimum atomic E-state index is -3.80. The lowest BCUT2D eigenvalue weighted by molar-refractivity contribution is -0.116. The van der Waals surface area contributed by atoms with Crippen molar-refractivity contribution in [3.63, 3.8) is 0 Å². The summed E-state index contributed by atoms with van der Waals surface area (Å²) in [5, 5.41) is 3.46. The maximum atomic E-state index is 12.8. The summed E-state index contributed by atoms with van der Waals surface area (Å²) in [6.45, 7) is 1.77. The molecule has 2 rings (SSSR count). The van der Waals surface area contributed by atoms with Gasteiger partial charge < -0.3 is 5.32 Å². The van der Waals surface area contributed by atoms with Gasteiger partial charge >= 0.3 is 0 Å². The fraction of sp³-hybridized carbons (Fsp3) is 0.235. The van der Waals surface area contributed by atoms with E-state index in [1.807, 2.05) is 6.92 Å². The van der Waals surface area contributed by atoms with Crippen molar-refractivity contribution in [1.82, 2.24) is 4.31 Å². The van der Waals surface area contributed by atoms with Crippen LogP contribution in [-0.4, -0.2) is 31.7 Å². The molecule has 0 atom stereocenters. The first-order valence-corrected chi connectivity index (χ1v) is 9.84. The monoisotopic (exact) mass is 400 g/mol. The Labute approximate surface area is 157 Å². The minimum absolute atomic E-state index is 0.0934. The maximum absolute atomic E-state index is 12.8. The number of benzene rings is 2. The average Bonchev–Trinajstić information content (AvgIpc) is 2.57. The molecule has 0 saturated heterocycles. The van der Waals surface area contributed by atoms with E-state index in [9.17, 15) is 13.2 Å². The summed E-state index contributed by atoms with van der Waals surface area (Å²) >= 11 is 11.8. The molecule has 0 saturated carbocycles. The lowest BCUT2D eigenvalue weighted by Crippen LogP contribution is -2.38. The lowest BCUT2D eigenvalue weighted by Gasteiger charge is -2.21. The predicted octanol–water partition coefficient (Wildman–Crippen LogP) is 4.03. The molecule has 0 aromatic heterocycles. The Morgan fingerprint density at radius 2 is 1.72 bits per heavy atom. The third kappa shape index (κ3) is 5.19. The van der Waals surface area contributed by atoms with Gasteiger partial charge in [0.2, 0.25) is 15.9 Å². The van der Waals surface area contributed by atoms with Gasteiger partial charge in [-0.05, 0) is 42.8 Å². The number of sulfonamides is 1. The van der Waals surface area contributed by atoms with Crippen molar-refractivity contribution < 1.29 is 13.2 Å². The highest BCUT2D eigenvalue weighted by Gasteiger charge is 2.26. The van der Waals surface area contributed by atoms with E-state index in [4.69, 9.17) is 23.2 Å². The second-order valence-electron chi connectivity index (χ2n) is 5.32. The van der Waals surface area contributed by atoms with Crippen LogP contribution in [0, 0.1) is 0 Å². The van der Waals surface area contributed by atoms with Crippen molar-refractivity contribution in [3.05, 3.63) is 58.6 Å². The number of para-hydroxylation sites is 1. The average molecular weight is 401 g/mol. The van der Waals surface area contributed by atoms with Gasteiger partial charge in [0.25, 0.3) is 0 Å². The van der Waals surface area contributed by atoms with E-state index in [0.717, 1.165) is 4.31 Å². The third-order valence-electron chi connectivity index (χ3n) is 3.39. The van der Waals surface area contributed by atoms with Crippen LogP contribution < -0.4 is 5.32 Å². The van der Waals surface area contributed by atoms with Crippen molar-refractivity contribution in [2.24, 2.45) is 0 Å². The molecule has 0 heterocycles. The summed E-state index contributed by atoms with van der Waals surface area (Å²) in [5.41, 5.74) is 0.439. The number of anilines is 1. The number of carbonyl (C=O) groups excluding carboxylic acids is 1. The standard InChI is InChI=1S/C17H18Cl2N2O3S/c1-2-11-21(25(23,24)14-9-7-13(18)8-10-14)12-17(22)20-16-6-4-3-5-15(16)19/h3-10H,2,11-12H2,1H3,(H,20,22). The number of nitrogens with zero attached hydrogens (tertiary/aromatic N) is 1. The van der Waals surface area contributed by atoms with E-state index >= 15 is 0 Å².